The Morgan fingerprint density at radius 3 is 2.47 bits per heavy atom. The van der Waals surface area contributed by atoms with Gasteiger partial charge < -0.3 is 19.0 Å². The number of rotatable bonds is 6. The summed E-state index contributed by atoms with van der Waals surface area (Å²) in [5.41, 5.74) is 0.262. The lowest BCUT2D eigenvalue weighted by Crippen LogP contribution is -2.74. The van der Waals surface area contributed by atoms with E-state index in [0.717, 1.165) is 48.4 Å². The Morgan fingerprint density at radius 2 is 1.88 bits per heavy atom. The van der Waals surface area contributed by atoms with Gasteiger partial charge in [0.05, 0.1) is 0 Å². The molecular weight excluding hydrogens is 455 g/mol. The van der Waals surface area contributed by atoms with Crippen LogP contribution in [0.25, 0.3) is 10.8 Å². The fourth-order valence-corrected chi connectivity index (χ4v) is 7.03. The molecule has 174 valence electrons. The molecule has 5 rings (SSSR count). The molecule has 3 aliphatic rings. The highest BCUT2D eigenvalue weighted by atomic mass is 35.5. The number of alkyl halides is 1. The normalized spacial score (nSPS) is 35.9. The molecule has 0 amide bonds. The van der Waals surface area contributed by atoms with Crippen LogP contribution in [0.2, 0.25) is 0 Å². The Bertz CT molecular complexity index is 1040. The van der Waals surface area contributed by atoms with Crippen LogP contribution in [0.1, 0.15) is 44.1 Å². The Kier molecular flexibility index (Phi) is 5.82. The van der Waals surface area contributed by atoms with Crippen LogP contribution in [0, 0.1) is 17.8 Å². The van der Waals surface area contributed by atoms with Crippen molar-refractivity contribution in [2.24, 2.45) is 17.8 Å². The predicted molar refractivity (Wildman–Crippen MR) is 117 cm³/mol. The molecule has 1 N–H and O–H groups in total. The second-order valence-corrected chi connectivity index (χ2v) is 10.7. The molecule has 4 atom stereocenters. The van der Waals surface area contributed by atoms with Gasteiger partial charge in [-0.1, -0.05) is 24.6 Å². The average molecular weight is 482 g/mol. The minimum absolute atomic E-state index is 0.0425. The second kappa shape index (κ2) is 8.24. The van der Waals surface area contributed by atoms with E-state index in [2.05, 4.69) is 4.52 Å². The Balaban J connectivity index is 1.54. The number of hydrogen-bond acceptors (Lipinski definition) is 6. The van der Waals surface area contributed by atoms with Gasteiger partial charge in [0.15, 0.2) is 5.60 Å². The van der Waals surface area contributed by atoms with Crippen LogP contribution in [-0.2, 0) is 24.9 Å². The molecule has 2 saturated carbocycles. The van der Waals surface area contributed by atoms with E-state index >= 15 is 0 Å². The summed E-state index contributed by atoms with van der Waals surface area (Å²) in [5, 5.41) is 1.64. The van der Waals surface area contributed by atoms with Crippen molar-refractivity contribution in [2.45, 2.75) is 49.9 Å². The summed E-state index contributed by atoms with van der Waals surface area (Å²) in [6.07, 6.45) is 6.38. The molecule has 0 aromatic heterocycles. The largest absolute Gasteiger partial charge is 0.746 e. The molecule has 4 unspecified atom stereocenters. The first-order valence-electron chi connectivity index (χ1n) is 11.1. The monoisotopic (exact) mass is 481 g/mol. The molecule has 9 heteroatoms. The van der Waals surface area contributed by atoms with Gasteiger partial charge in [-0.05, 0) is 78.8 Å². The maximum atomic E-state index is 11.1. The number of halogens is 1. The number of phosphoric acid groups is 1. The van der Waals surface area contributed by atoms with E-state index in [1.807, 2.05) is 18.2 Å². The number of hydrogen-bond donors (Lipinski definition) is 1. The lowest BCUT2D eigenvalue weighted by atomic mass is 9.54. The predicted octanol–water partition coefficient (Wildman–Crippen LogP) is 4.63. The summed E-state index contributed by atoms with van der Waals surface area (Å²) in [5.74, 6) is 0.880. The minimum Gasteiger partial charge on any atom is -0.746 e. The van der Waals surface area contributed by atoms with Crippen molar-refractivity contribution in [2.75, 3.05) is 13.0 Å². The third kappa shape index (κ3) is 3.50. The van der Waals surface area contributed by atoms with Crippen LogP contribution in [0.5, 0.6) is 5.75 Å². The van der Waals surface area contributed by atoms with Crippen molar-refractivity contribution in [1.82, 2.24) is 0 Å². The van der Waals surface area contributed by atoms with Crippen molar-refractivity contribution in [3.63, 3.8) is 0 Å². The van der Waals surface area contributed by atoms with Crippen molar-refractivity contribution < 1.29 is 33.4 Å². The summed E-state index contributed by atoms with van der Waals surface area (Å²) in [4.78, 5) is 32.0. The average Bonchev–Trinajstić information content (AvgIpc) is 2.72. The topological polar surface area (TPSA) is 97.3 Å². The third-order valence-corrected chi connectivity index (χ3v) is 8.24. The number of fused-ring (bicyclic) bond motifs is 1. The quantitative estimate of drug-likeness (QED) is 0.365. The van der Waals surface area contributed by atoms with Crippen LogP contribution < -0.4 is 9.42 Å². The summed E-state index contributed by atoms with van der Waals surface area (Å²) in [6, 6.07) is 10.7. The first-order valence-corrected chi connectivity index (χ1v) is 13.1. The van der Waals surface area contributed by atoms with E-state index in [1.165, 1.54) is 12.5 Å². The SMILES string of the molecule is COC1(c2ccc3ccc(OP(=O)([O-])O)cc3c2)OOC12C1CCCC2CC(CCCl)C1. The molecule has 7 nitrogen and oxygen atoms in total. The smallest absolute Gasteiger partial charge is 0.317 e. The molecule has 2 bridgehead atoms. The number of ether oxygens (including phenoxy) is 1. The van der Waals surface area contributed by atoms with Gasteiger partial charge in [0.1, 0.15) is 5.75 Å². The zero-order valence-electron chi connectivity index (χ0n) is 17.9. The highest BCUT2D eigenvalue weighted by Crippen LogP contribution is 2.65. The fourth-order valence-electron chi connectivity index (χ4n) is 6.34. The van der Waals surface area contributed by atoms with Gasteiger partial charge in [0.25, 0.3) is 5.79 Å². The van der Waals surface area contributed by atoms with Gasteiger partial charge in [0.2, 0.25) is 0 Å². The van der Waals surface area contributed by atoms with Crippen LogP contribution in [-0.4, -0.2) is 23.5 Å². The second-order valence-electron chi connectivity index (χ2n) is 9.20. The van der Waals surface area contributed by atoms with Gasteiger partial charge >= 0.3 is 7.82 Å². The molecule has 2 aliphatic carbocycles. The maximum Gasteiger partial charge on any atom is 0.317 e. The first-order chi connectivity index (χ1) is 15.3. The third-order valence-electron chi connectivity index (χ3n) is 7.58. The van der Waals surface area contributed by atoms with Gasteiger partial charge in [0, 0.05) is 18.6 Å². The van der Waals surface area contributed by atoms with Crippen molar-refractivity contribution in [3.8, 4) is 5.75 Å². The standard InChI is InChI=1S/C23H28ClO7P/c1-28-23(20-7-5-16-6-8-21(14-17(16)13-20)29-32(25,26)27)22(30-31-23)18-3-2-4-19(22)12-15(11-18)9-10-24/h5-8,13-15,18-19H,2-4,9-12H2,1H3,(H2,25,26,27)/p-1. The Hall–Kier alpha value is -1.18. The van der Waals surface area contributed by atoms with E-state index in [9.17, 15) is 9.46 Å². The molecule has 2 aromatic rings. The lowest BCUT2D eigenvalue weighted by molar-refractivity contribution is -0.643. The molecule has 1 heterocycles. The van der Waals surface area contributed by atoms with Gasteiger partial charge in [-0.15, -0.1) is 11.6 Å². The molecule has 1 spiro atoms. The Labute approximate surface area is 192 Å². The minimum atomic E-state index is -4.89. The number of methoxy groups -OCH3 is 1. The summed E-state index contributed by atoms with van der Waals surface area (Å²) >= 11 is 6.05. The van der Waals surface area contributed by atoms with Crippen LogP contribution in [0.3, 0.4) is 0 Å². The molecule has 1 saturated heterocycles. The van der Waals surface area contributed by atoms with Gasteiger partial charge in [-0.2, -0.15) is 4.89 Å². The van der Waals surface area contributed by atoms with Gasteiger partial charge in [-0.25, -0.2) is 4.89 Å². The van der Waals surface area contributed by atoms with Crippen LogP contribution in [0.15, 0.2) is 36.4 Å². The van der Waals surface area contributed by atoms with Crippen LogP contribution >= 0.6 is 19.4 Å². The lowest BCUT2D eigenvalue weighted by Gasteiger charge is -2.65. The van der Waals surface area contributed by atoms with E-state index in [4.69, 9.17) is 31.0 Å². The molecule has 1 aliphatic heterocycles. The summed E-state index contributed by atoms with van der Waals surface area (Å²) in [7, 11) is -3.24. The van der Waals surface area contributed by atoms with E-state index in [0.29, 0.717) is 23.6 Å². The van der Waals surface area contributed by atoms with Gasteiger partial charge in [-0.3, -0.25) is 4.57 Å². The van der Waals surface area contributed by atoms with Crippen molar-refractivity contribution in [3.05, 3.63) is 42.0 Å². The van der Waals surface area contributed by atoms with Crippen molar-refractivity contribution in [1.29, 1.82) is 0 Å². The Morgan fingerprint density at radius 1 is 1.16 bits per heavy atom. The summed E-state index contributed by atoms with van der Waals surface area (Å²) in [6.45, 7) is 0. The highest BCUT2D eigenvalue weighted by molar-refractivity contribution is 7.45. The molecule has 0 radical (unpaired) electrons. The maximum absolute atomic E-state index is 11.1. The molecule has 3 fully saturated rings. The van der Waals surface area contributed by atoms with Crippen LogP contribution in [0.4, 0.5) is 0 Å². The van der Waals surface area contributed by atoms with E-state index in [1.54, 1.807) is 19.2 Å². The zero-order valence-corrected chi connectivity index (χ0v) is 19.5. The fraction of sp³-hybridized carbons (Fsp3) is 0.565. The van der Waals surface area contributed by atoms with E-state index in [-0.39, 0.29) is 5.75 Å². The summed E-state index contributed by atoms with van der Waals surface area (Å²) < 4.78 is 21.9. The highest BCUT2D eigenvalue weighted by Gasteiger charge is 2.74. The number of phosphoric ester groups is 1. The molecular formula is C23H27ClO7P-. The molecule has 32 heavy (non-hydrogen) atoms. The zero-order chi connectivity index (χ0) is 22.6. The number of benzene rings is 2. The molecule has 2 aromatic carbocycles. The van der Waals surface area contributed by atoms with Crippen molar-refractivity contribution >= 4 is 30.2 Å². The van der Waals surface area contributed by atoms with E-state index < -0.39 is 19.2 Å². The first kappa shape index (κ1) is 22.6.